The highest BCUT2D eigenvalue weighted by Crippen LogP contribution is 2.11. The molecule has 1 aromatic rings. The van der Waals surface area contributed by atoms with Crippen molar-refractivity contribution in [1.29, 1.82) is 0 Å². The van der Waals surface area contributed by atoms with E-state index in [-0.39, 0.29) is 6.04 Å². The number of halogens is 2. The second kappa shape index (κ2) is 4.43. The molecule has 0 amide bonds. The quantitative estimate of drug-likeness (QED) is 0.591. The molecule has 3 N–H and O–H groups in total. The van der Waals surface area contributed by atoms with Gasteiger partial charge in [-0.15, -0.1) is 6.42 Å². The summed E-state index contributed by atoms with van der Waals surface area (Å²) in [5.41, 5.74) is 6.61. The van der Waals surface area contributed by atoms with Crippen molar-refractivity contribution in [1.82, 2.24) is 9.97 Å². The monoisotopic (exact) mass is 387 g/mol. The molecule has 1 aromatic heterocycles. The van der Waals surface area contributed by atoms with Crippen molar-refractivity contribution < 1.29 is 0 Å². The molecule has 0 radical (unpaired) electrons. The molecule has 0 aromatic carbocycles. The molecular weight excluding hydrogens is 380 g/mol. The number of hydrogen-bond acceptors (Lipinski definition) is 2. The van der Waals surface area contributed by atoms with Crippen LogP contribution in [-0.2, 0) is 6.42 Å². The van der Waals surface area contributed by atoms with Gasteiger partial charge in [0.1, 0.15) is 3.70 Å². The number of hydrogen-bond donors (Lipinski definition) is 2. The zero-order chi connectivity index (χ0) is 9.14. The Bertz CT molecular complexity index is 313. The Morgan fingerprint density at radius 2 is 2.33 bits per heavy atom. The number of nitrogens with one attached hydrogen (secondary N) is 1. The molecule has 0 aliphatic heterocycles. The maximum atomic E-state index is 5.59. The van der Waals surface area contributed by atoms with Crippen LogP contribution in [-0.4, -0.2) is 16.0 Å². The highest BCUT2D eigenvalue weighted by atomic mass is 127. The zero-order valence-corrected chi connectivity index (χ0v) is 10.5. The first-order chi connectivity index (χ1) is 5.63. The normalized spacial score (nSPS) is 12.5. The zero-order valence-electron chi connectivity index (χ0n) is 6.14. The molecule has 5 heteroatoms. The first-order valence-corrected chi connectivity index (χ1v) is 5.41. The van der Waals surface area contributed by atoms with Crippen molar-refractivity contribution in [3.05, 3.63) is 13.2 Å². The summed E-state index contributed by atoms with van der Waals surface area (Å²) in [6, 6.07) is -0.227. The van der Waals surface area contributed by atoms with Crippen LogP contribution in [0.3, 0.4) is 0 Å². The smallest absolute Gasteiger partial charge is 0.169 e. The van der Waals surface area contributed by atoms with Gasteiger partial charge in [0.15, 0.2) is 3.83 Å². The van der Waals surface area contributed by atoms with Crippen LogP contribution in [0.4, 0.5) is 0 Å². The lowest BCUT2D eigenvalue weighted by atomic mass is 10.2. The Hall–Kier alpha value is 0.190. The van der Waals surface area contributed by atoms with E-state index in [1.54, 1.807) is 0 Å². The fraction of sp³-hybridized carbons (Fsp3) is 0.286. The van der Waals surface area contributed by atoms with Crippen molar-refractivity contribution in [2.24, 2.45) is 5.73 Å². The average Bonchev–Trinajstić information content (AvgIpc) is 2.30. The molecule has 0 saturated carbocycles. The minimum Gasteiger partial charge on any atom is -0.336 e. The van der Waals surface area contributed by atoms with Gasteiger partial charge in [-0.1, -0.05) is 5.92 Å². The molecule has 1 heterocycles. The number of nitrogens with two attached hydrogens (primary N) is 1. The SMILES string of the molecule is C#CC(N)Cc1[nH]c(I)nc1I. The lowest BCUT2D eigenvalue weighted by molar-refractivity contribution is 0.811. The summed E-state index contributed by atoms with van der Waals surface area (Å²) in [6.45, 7) is 0. The van der Waals surface area contributed by atoms with E-state index in [4.69, 9.17) is 12.2 Å². The maximum absolute atomic E-state index is 5.59. The van der Waals surface area contributed by atoms with Crippen LogP contribution in [0, 0.1) is 19.9 Å². The second-order valence-corrected chi connectivity index (χ2v) is 4.32. The van der Waals surface area contributed by atoms with E-state index in [9.17, 15) is 0 Å². The number of nitrogens with zero attached hydrogens (tertiary/aromatic N) is 1. The third-order valence-corrected chi connectivity index (χ3v) is 2.74. The average molecular weight is 387 g/mol. The molecule has 0 bridgehead atoms. The number of rotatable bonds is 2. The summed E-state index contributed by atoms with van der Waals surface area (Å²) in [7, 11) is 0. The standard InChI is InChI=1S/C7H7I2N3/c1-2-4(10)3-5-6(8)12-7(9)11-5/h1,4H,3,10H2,(H,11,12). The van der Waals surface area contributed by atoms with Gasteiger partial charge in [-0.3, -0.25) is 0 Å². The number of aromatic nitrogens is 2. The van der Waals surface area contributed by atoms with Gasteiger partial charge in [0.2, 0.25) is 0 Å². The summed E-state index contributed by atoms with van der Waals surface area (Å²) in [5.74, 6) is 2.47. The molecule has 1 unspecified atom stereocenters. The van der Waals surface area contributed by atoms with Crippen molar-refractivity contribution in [3.63, 3.8) is 0 Å². The van der Waals surface area contributed by atoms with Gasteiger partial charge in [-0.25, -0.2) is 4.98 Å². The first-order valence-electron chi connectivity index (χ1n) is 3.25. The molecule has 0 saturated heterocycles. The lowest BCUT2D eigenvalue weighted by Crippen LogP contribution is -2.20. The van der Waals surface area contributed by atoms with Crippen LogP contribution in [0.15, 0.2) is 0 Å². The fourth-order valence-electron chi connectivity index (χ4n) is 0.772. The number of aromatic amines is 1. The summed E-state index contributed by atoms with van der Waals surface area (Å²) in [6.07, 6.45) is 5.82. The van der Waals surface area contributed by atoms with Crippen LogP contribution >= 0.6 is 45.2 Å². The molecule has 0 fully saturated rings. The Balaban J connectivity index is 2.76. The van der Waals surface area contributed by atoms with Crippen LogP contribution in [0.1, 0.15) is 5.69 Å². The van der Waals surface area contributed by atoms with E-state index in [0.29, 0.717) is 6.42 Å². The van der Waals surface area contributed by atoms with Crippen LogP contribution < -0.4 is 5.73 Å². The van der Waals surface area contributed by atoms with E-state index in [2.05, 4.69) is 61.1 Å². The Labute approximate surface area is 98.2 Å². The van der Waals surface area contributed by atoms with Gasteiger partial charge in [0.05, 0.1) is 11.7 Å². The summed E-state index contributed by atoms with van der Waals surface area (Å²) in [5, 5.41) is 0. The van der Waals surface area contributed by atoms with Crippen LogP contribution in [0.25, 0.3) is 0 Å². The van der Waals surface area contributed by atoms with Gasteiger partial charge in [-0.05, 0) is 45.2 Å². The summed E-state index contributed by atoms with van der Waals surface area (Å²) < 4.78 is 1.82. The van der Waals surface area contributed by atoms with Crippen LogP contribution in [0.2, 0.25) is 0 Å². The predicted molar refractivity (Wildman–Crippen MR) is 64.5 cm³/mol. The van der Waals surface area contributed by atoms with E-state index in [0.717, 1.165) is 13.2 Å². The van der Waals surface area contributed by atoms with Gasteiger partial charge >= 0.3 is 0 Å². The minimum absolute atomic E-state index is 0.227. The van der Waals surface area contributed by atoms with E-state index in [1.165, 1.54) is 0 Å². The van der Waals surface area contributed by atoms with Crippen molar-refractivity contribution in [2.45, 2.75) is 12.5 Å². The van der Waals surface area contributed by atoms with Gasteiger partial charge in [0.25, 0.3) is 0 Å². The largest absolute Gasteiger partial charge is 0.336 e. The number of terminal acetylenes is 1. The van der Waals surface area contributed by atoms with E-state index < -0.39 is 0 Å². The highest BCUT2D eigenvalue weighted by molar-refractivity contribution is 14.1. The van der Waals surface area contributed by atoms with Gasteiger partial charge in [0, 0.05) is 6.42 Å². The predicted octanol–water partition coefficient (Wildman–Crippen LogP) is 1.12. The maximum Gasteiger partial charge on any atom is 0.169 e. The van der Waals surface area contributed by atoms with Crippen molar-refractivity contribution in [3.8, 4) is 12.3 Å². The second-order valence-electron chi connectivity index (χ2n) is 2.27. The molecular formula is C7H7I2N3. The highest BCUT2D eigenvalue weighted by Gasteiger charge is 2.08. The fourth-order valence-corrected chi connectivity index (χ4v) is 2.40. The van der Waals surface area contributed by atoms with Crippen LogP contribution in [0.5, 0.6) is 0 Å². The lowest BCUT2D eigenvalue weighted by Gasteiger charge is -2.00. The Morgan fingerprint density at radius 3 is 2.75 bits per heavy atom. The topological polar surface area (TPSA) is 54.7 Å². The van der Waals surface area contributed by atoms with E-state index in [1.807, 2.05) is 0 Å². The third kappa shape index (κ3) is 2.60. The number of imidazole rings is 1. The first kappa shape index (κ1) is 10.3. The molecule has 0 aliphatic carbocycles. The molecule has 1 atom stereocenters. The van der Waals surface area contributed by atoms with Gasteiger partial charge < -0.3 is 10.7 Å². The van der Waals surface area contributed by atoms with Crippen molar-refractivity contribution in [2.75, 3.05) is 0 Å². The summed E-state index contributed by atoms with van der Waals surface area (Å²) >= 11 is 4.28. The molecule has 1 rings (SSSR count). The minimum atomic E-state index is -0.227. The number of H-pyrrole nitrogens is 1. The summed E-state index contributed by atoms with van der Waals surface area (Å²) in [4.78, 5) is 7.29. The molecule has 0 spiro atoms. The Kier molecular flexibility index (Phi) is 3.79. The molecule has 64 valence electrons. The van der Waals surface area contributed by atoms with Crippen molar-refractivity contribution >= 4 is 45.2 Å². The molecule has 3 nitrogen and oxygen atoms in total. The van der Waals surface area contributed by atoms with E-state index >= 15 is 0 Å². The Morgan fingerprint density at radius 1 is 1.67 bits per heavy atom. The van der Waals surface area contributed by atoms with Gasteiger partial charge in [-0.2, -0.15) is 0 Å². The molecule has 12 heavy (non-hydrogen) atoms. The third-order valence-electron chi connectivity index (χ3n) is 1.34. The molecule has 0 aliphatic rings.